The first-order valence-electron chi connectivity index (χ1n) is 2.98. The topological polar surface area (TPSA) is 37.3 Å². The third kappa shape index (κ3) is 6.09. The Balaban J connectivity index is 0.000000187. The van der Waals surface area contributed by atoms with Crippen molar-refractivity contribution in [2.75, 3.05) is 0 Å². The van der Waals surface area contributed by atoms with Gasteiger partial charge in [-0.3, -0.25) is 4.79 Å². The zero-order chi connectivity index (χ0) is 7.11. The van der Waals surface area contributed by atoms with Crippen molar-refractivity contribution in [3.05, 3.63) is 0 Å². The molecule has 3 heteroatoms. The number of carboxylic acid groups (broad SMARTS) is 1. The summed E-state index contributed by atoms with van der Waals surface area (Å²) in [6.45, 7) is -0.250. The van der Waals surface area contributed by atoms with Gasteiger partial charge < -0.3 is 5.11 Å². The van der Waals surface area contributed by atoms with E-state index in [-0.39, 0.29) is 6.47 Å². The first-order chi connectivity index (χ1) is 4.31. The van der Waals surface area contributed by atoms with Crippen LogP contribution in [-0.4, -0.2) is 11.6 Å². The second-order valence-electron chi connectivity index (χ2n) is 1.92. The number of rotatable bonds is 0. The first-order valence-corrected chi connectivity index (χ1v) is 3.84. The molecule has 0 spiro atoms. The third-order valence-electron chi connectivity index (χ3n) is 1.24. The summed E-state index contributed by atoms with van der Waals surface area (Å²) in [5.41, 5.74) is 0. The van der Waals surface area contributed by atoms with E-state index in [0.29, 0.717) is 0 Å². The minimum atomic E-state index is -0.250. The van der Waals surface area contributed by atoms with Crippen LogP contribution in [0, 0.1) is 0 Å². The molecule has 0 aromatic rings. The van der Waals surface area contributed by atoms with Gasteiger partial charge in [0.1, 0.15) is 0 Å². The maximum atomic E-state index is 8.36. The van der Waals surface area contributed by atoms with E-state index in [4.69, 9.17) is 9.90 Å². The van der Waals surface area contributed by atoms with E-state index in [2.05, 4.69) is 21.1 Å². The van der Waals surface area contributed by atoms with Crippen LogP contribution in [0.3, 0.4) is 0 Å². The van der Waals surface area contributed by atoms with Crippen LogP contribution in [0.1, 0.15) is 25.7 Å². The van der Waals surface area contributed by atoms with Gasteiger partial charge in [0, 0.05) is 0 Å². The molecule has 1 fully saturated rings. The maximum absolute atomic E-state index is 8.36. The molecule has 9 heavy (non-hydrogen) atoms. The van der Waals surface area contributed by atoms with Gasteiger partial charge in [0.05, 0.1) is 0 Å². The Morgan fingerprint density at radius 3 is 1.89 bits per heavy atom. The Morgan fingerprint density at radius 2 is 1.78 bits per heavy atom. The Kier molecular flexibility index (Phi) is 6.48. The van der Waals surface area contributed by atoms with Crippen LogP contribution in [-0.2, 0) is 25.9 Å². The molecular formula is C6H11AgO2. The van der Waals surface area contributed by atoms with E-state index in [9.17, 15) is 0 Å². The van der Waals surface area contributed by atoms with Crippen LogP contribution in [0.25, 0.3) is 0 Å². The van der Waals surface area contributed by atoms with E-state index in [1.165, 1.54) is 25.7 Å². The molecule has 1 saturated carbocycles. The van der Waals surface area contributed by atoms with Crippen molar-refractivity contribution in [2.45, 2.75) is 29.8 Å². The Bertz CT molecular complexity index is 69.5. The molecule has 1 N–H and O–H groups in total. The predicted molar refractivity (Wildman–Crippen MR) is 30.9 cm³/mol. The molecule has 0 atom stereocenters. The van der Waals surface area contributed by atoms with Gasteiger partial charge in [-0.25, -0.2) is 0 Å². The van der Waals surface area contributed by atoms with Gasteiger partial charge in [-0.15, -0.1) is 0 Å². The molecule has 0 aromatic carbocycles. The first kappa shape index (κ1) is 9.21. The standard InChI is InChI=1S/C5H9.CH2O2.Ag/c1-2-4-5-3-1;2-1-3;/h1H,2-5H2;1H,(H,2,3);. The molecule has 1 aliphatic rings. The number of hydrogen-bond acceptors (Lipinski definition) is 1. The zero-order valence-electron chi connectivity index (χ0n) is 5.14. The number of carbonyl (C=O) groups is 1. The van der Waals surface area contributed by atoms with Crippen molar-refractivity contribution in [1.29, 1.82) is 0 Å². The van der Waals surface area contributed by atoms with E-state index in [0.717, 1.165) is 4.14 Å². The summed E-state index contributed by atoms with van der Waals surface area (Å²) in [6.07, 6.45) is 5.68. The molecule has 0 aromatic heterocycles. The molecule has 0 amide bonds. The molecule has 1 rings (SSSR count). The van der Waals surface area contributed by atoms with Crippen LogP contribution >= 0.6 is 0 Å². The molecule has 0 unspecified atom stereocenters. The summed E-state index contributed by atoms with van der Waals surface area (Å²) in [5, 5.41) is 6.89. The fourth-order valence-corrected chi connectivity index (χ4v) is 1.45. The Labute approximate surface area is 67.6 Å². The van der Waals surface area contributed by atoms with Crippen molar-refractivity contribution in [3.63, 3.8) is 0 Å². The van der Waals surface area contributed by atoms with Crippen LogP contribution in [0.5, 0.6) is 0 Å². The molecule has 0 bridgehead atoms. The second kappa shape index (κ2) is 6.33. The van der Waals surface area contributed by atoms with Crippen LogP contribution in [0.15, 0.2) is 0 Å². The van der Waals surface area contributed by atoms with E-state index < -0.39 is 0 Å². The summed E-state index contributed by atoms with van der Waals surface area (Å²) >= 11 is 3.55. The molecule has 0 aliphatic heterocycles. The molecule has 0 heterocycles. The monoisotopic (exact) mass is 222 g/mol. The molecule has 58 valence electrons. The van der Waals surface area contributed by atoms with Crippen molar-refractivity contribution in [1.82, 2.24) is 0 Å². The normalized spacial score (nSPS) is 18.4. The van der Waals surface area contributed by atoms with Crippen LogP contribution < -0.4 is 0 Å². The van der Waals surface area contributed by atoms with Gasteiger partial charge >= 0.3 is 50.9 Å². The van der Waals surface area contributed by atoms with Crippen molar-refractivity contribution in [2.24, 2.45) is 0 Å². The quantitative estimate of drug-likeness (QED) is 0.500. The molecular weight excluding hydrogens is 212 g/mol. The molecule has 1 aliphatic carbocycles. The van der Waals surface area contributed by atoms with Crippen molar-refractivity contribution >= 4 is 6.47 Å². The Morgan fingerprint density at radius 1 is 1.44 bits per heavy atom. The van der Waals surface area contributed by atoms with Gasteiger partial charge in [-0.1, -0.05) is 0 Å². The number of hydrogen-bond donors (Lipinski definition) is 1. The average molecular weight is 223 g/mol. The third-order valence-corrected chi connectivity index (χ3v) is 2.10. The summed E-state index contributed by atoms with van der Waals surface area (Å²) in [4.78, 5) is 8.36. The molecule has 0 saturated heterocycles. The summed E-state index contributed by atoms with van der Waals surface area (Å²) in [5.74, 6) is 0. The van der Waals surface area contributed by atoms with E-state index in [1.807, 2.05) is 0 Å². The Hall–Kier alpha value is 0.210. The van der Waals surface area contributed by atoms with Crippen LogP contribution in [0.4, 0.5) is 0 Å². The van der Waals surface area contributed by atoms with Gasteiger partial charge in [-0.2, -0.15) is 0 Å². The summed E-state index contributed by atoms with van der Waals surface area (Å²) < 4.78 is 0.856. The van der Waals surface area contributed by atoms with E-state index in [1.54, 1.807) is 0 Å². The molecule has 2 nitrogen and oxygen atoms in total. The van der Waals surface area contributed by atoms with E-state index >= 15 is 0 Å². The van der Waals surface area contributed by atoms with Crippen molar-refractivity contribution in [3.8, 4) is 0 Å². The van der Waals surface area contributed by atoms with Gasteiger partial charge in [-0.05, 0) is 0 Å². The van der Waals surface area contributed by atoms with Crippen molar-refractivity contribution < 1.29 is 31.0 Å². The predicted octanol–water partition coefficient (Wildman–Crippen LogP) is 1.60. The van der Waals surface area contributed by atoms with Gasteiger partial charge in [0.25, 0.3) is 6.47 Å². The minimum absolute atomic E-state index is 0.250. The molecule has 0 radical (unpaired) electrons. The summed E-state index contributed by atoms with van der Waals surface area (Å²) in [7, 11) is 0. The van der Waals surface area contributed by atoms with Gasteiger partial charge in [0.15, 0.2) is 0 Å². The average Bonchev–Trinajstić information content (AvgIpc) is 2.20. The second-order valence-corrected chi connectivity index (χ2v) is 3.13. The zero-order valence-corrected chi connectivity index (χ0v) is 6.62. The fraction of sp³-hybridized carbons (Fsp3) is 0.833. The SMILES string of the molecule is O=CO.[Ag][CH]1CCCC1. The van der Waals surface area contributed by atoms with Crippen LogP contribution in [0.2, 0.25) is 4.14 Å². The fourth-order valence-electron chi connectivity index (χ4n) is 0.845. The van der Waals surface area contributed by atoms with Gasteiger partial charge in [0.2, 0.25) is 0 Å². The summed E-state index contributed by atoms with van der Waals surface area (Å²) in [6, 6.07) is 0.